The Morgan fingerprint density at radius 1 is 0.494 bits per heavy atom. The Morgan fingerprint density at radius 3 is 1.14 bits per heavy atom. The van der Waals surface area contributed by atoms with Crippen LogP contribution in [0, 0.1) is 0 Å². The number of rotatable bonds is 60. The highest BCUT2D eigenvalue weighted by atomic mass is 32.3. The van der Waals surface area contributed by atoms with E-state index in [1.54, 1.807) is 6.08 Å². The van der Waals surface area contributed by atoms with E-state index < -0.39 is 59.9 Å². The Balaban J connectivity index is 2.27. The molecule has 1 fully saturated rings. The van der Waals surface area contributed by atoms with E-state index in [-0.39, 0.29) is 18.9 Å². The van der Waals surface area contributed by atoms with Crippen LogP contribution in [0.2, 0.25) is 0 Å². The minimum absolute atomic E-state index is 0.256. The third-order valence-corrected chi connectivity index (χ3v) is 16.7. The number of aliphatic hydroxyl groups excluding tert-OH is 4. The van der Waals surface area contributed by atoms with Crippen LogP contribution in [0.5, 0.6) is 0 Å². The first-order chi connectivity index (χ1) is 38.5. The quantitative estimate of drug-likeness (QED) is 0.0193. The van der Waals surface area contributed by atoms with Gasteiger partial charge in [-0.3, -0.25) is 9.35 Å². The smallest absolute Gasteiger partial charge is 0.394 e. The van der Waals surface area contributed by atoms with E-state index in [4.69, 9.17) is 9.47 Å². The third-order valence-electron chi connectivity index (χ3n) is 16.2. The second-order valence-electron chi connectivity index (χ2n) is 23.8. The number of ether oxygens (including phenoxy) is 2. The second kappa shape index (κ2) is 55.8. The third kappa shape index (κ3) is 47.6. The van der Waals surface area contributed by atoms with Gasteiger partial charge < -0.3 is 35.2 Å². The largest absolute Gasteiger partial charge is 0.397 e. The molecular weight excluding hydrogens is 1010 g/mol. The molecule has 1 amide bonds. The van der Waals surface area contributed by atoms with Gasteiger partial charge in [0, 0.05) is 6.42 Å². The number of carbonyl (C=O) groups is 1. The molecule has 0 aromatic rings. The number of aliphatic hydroxyl groups is 4. The lowest BCUT2D eigenvalue weighted by molar-refractivity contribution is -0.298. The van der Waals surface area contributed by atoms with E-state index in [2.05, 4.69) is 35.5 Å². The van der Waals surface area contributed by atoms with Crippen molar-refractivity contribution in [3.8, 4) is 0 Å². The number of amides is 1. The van der Waals surface area contributed by atoms with Crippen LogP contribution in [-0.4, -0.2) is 95.4 Å². The Bertz CT molecular complexity index is 1480. The van der Waals surface area contributed by atoms with Gasteiger partial charge in [-0.25, -0.2) is 4.18 Å². The molecule has 12 nitrogen and oxygen atoms in total. The minimum atomic E-state index is -5.09. The van der Waals surface area contributed by atoms with Crippen LogP contribution in [0.3, 0.4) is 0 Å². The topological polar surface area (TPSA) is 192 Å². The Labute approximate surface area is 486 Å². The molecule has 0 aliphatic carbocycles. The highest BCUT2D eigenvalue weighted by Gasteiger charge is 2.48. The summed E-state index contributed by atoms with van der Waals surface area (Å²) >= 11 is 0. The second-order valence-corrected chi connectivity index (χ2v) is 24.8. The number of hydrogen-bond donors (Lipinski definition) is 6. The van der Waals surface area contributed by atoms with Crippen LogP contribution >= 0.6 is 0 Å². The van der Waals surface area contributed by atoms with E-state index in [9.17, 15) is 38.2 Å². The summed E-state index contributed by atoms with van der Waals surface area (Å²) in [5.41, 5.74) is 0. The van der Waals surface area contributed by atoms with Crippen molar-refractivity contribution in [1.29, 1.82) is 0 Å². The first-order valence-electron chi connectivity index (χ1n) is 33.7. The van der Waals surface area contributed by atoms with Crippen molar-refractivity contribution < 1.29 is 51.8 Å². The van der Waals surface area contributed by atoms with Gasteiger partial charge >= 0.3 is 10.4 Å². The van der Waals surface area contributed by atoms with E-state index >= 15 is 0 Å². The molecule has 79 heavy (non-hydrogen) atoms. The van der Waals surface area contributed by atoms with Crippen LogP contribution < -0.4 is 5.32 Å². The van der Waals surface area contributed by atoms with Gasteiger partial charge in [-0.15, -0.1) is 0 Å². The van der Waals surface area contributed by atoms with Crippen LogP contribution in [0.15, 0.2) is 24.3 Å². The van der Waals surface area contributed by atoms with Gasteiger partial charge in [-0.1, -0.05) is 308 Å². The summed E-state index contributed by atoms with van der Waals surface area (Å²) in [7, 11) is -5.09. The van der Waals surface area contributed by atoms with Crippen LogP contribution in [0.25, 0.3) is 0 Å². The molecule has 0 bridgehead atoms. The van der Waals surface area contributed by atoms with Crippen molar-refractivity contribution >= 4 is 16.3 Å². The molecule has 0 spiro atoms. The van der Waals surface area contributed by atoms with Crippen molar-refractivity contribution in [3.05, 3.63) is 24.3 Å². The highest BCUT2D eigenvalue weighted by molar-refractivity contribution is 7.80. The standard InChI is InChI=1S/C66H127NO11S/c1-3-5-7-9-11-13-15-17-19-21-23-25-27-28-29-30-31-32-33-34-36-38-40-42-44-46-48-50-52-54-56-62(70)67-59(58-76-66-64(72)65(78-79(73,74)75)63(71)61(57-68)77-66)60(69)55-53-51-49-47-45-43-41-39-37-35-26-24-22-20-18-16-14-12-10-8-6-4-2/h28-29,53,55,59-61,63-66,68-69,71-72H,3-27,30-52,54,56-58H2,1-2H3,(H,67,70)(H,73,74,75)/b29-28-,55-53+. The van der Waals surface area contributed by atoms with Gasteiger partial charge in [0.1, 0.15) is 24.4 Å². The summed E-state index contributed by atoms with van der Waals surface area (Å²) in [5, 5.41) is 45.1. The van der Waals surface area contributed by atoms with Crippen molar-refractivity contribution in [2.24, 2.45) is 0 Å². The maximum absolute atomic E-state index is 13.2. The maximum atomic E-state index is 13.2. The number of carbonyl (C=O) groups excluding carboxylic acids is 1. The molecule has 0 saturated carbocycles. The molecule has 1 aliphatic heterocycles. The molecule has 7 atom stereocenters. The maximum Gasteiger partial charge on any atom is 0.397 e. The first kappa shape index (κ1) is 75.6. The molecule has 0 aromatic heterocycles. The zero-order valence-corrected chi connectivity index (χ0v) is 52.0. The summed E-state index contributed by atoms with van der Waals surface area (Å²) in [4.78, 5) is 13.2. The molecule has 0 aromatic carbocycles. The zero-order valence-electron chi connectivity index (χ0n) is 51.2. The molecule has 1 rings (SSSR count). The predicted molar refractivity (Wildman–Crippen MR) is 329 cm³/mol. The fourth-order valence-electron chi connectivity index (χ4n) is 11.0. The average molecular weight is 1140 g/mol. The molecule has 1 saturated heterocycles. The number of unbranched alkanes of at least 4 members (excludes halogenated alkanes) is 46. The van der Waals surface area contributed by atoms with Crippen molar-refractivity contribution in [2.45, 2.75) is 378 Å². The normalized spacial score (nSPS) is 18.8. The number of hydrogen-bond acceptors (Lipinski definition) is 10. The first-order valence-corrected chi connectivity index (χ1v) is 35.1. The van der Waals surface area contributed by atoms with E-state index in [1.807, 2.05) is 6.08 Å². The average Bonchev–Trinajstić information content (AvgIpc) is 3.44. The molecule has 0 radical (unpaired) electrons. The van der Waals surface area contributed by atoms with Crippen LogP contribution in [-0.2, 0) is 28.9 Å². The van der Waals surface area contributed by atoms with E-state index in [1.165, 1.54) is 270 Å². The summed E-state index contributed by atoms with van der Waals surface area (Å²) in [6, 6.07) is -0.944. The minimum Gasteiger partial charge on any atom is -0.394 e. The van der Waals surface area contributed by atoms with Gasteiger partial charge in [0.05, 0.1) is 25.4 Å². The fraction of sp³-hybridized carbons (Fsp3) is 0.924. The molecule has 13 heteroatoms. The zero-order chi connectivity index (χ0) is 57.5. The number of nitrogens with one attached hydrogen (secondary N) is 1. The lowest BCUT2D eigenvalue weighted by Crippen LogP contribution is -2.61. The highest BCUT2D eigenvalue weighted by Crippen LogP contribution is 2.26. The molecule has 1 heterocycles. The Morgan fingerprint density at radius 2 is 0.810 bits per heavy atom. The molecule has 1 aliphatic rings. The monoisotopic (exact) mass is 1140 g/mol. The van der Waals surface area contributed by atoms with E-state index in [0.29, 0.717) is 6.42 Å². The van der Waals surface area contributed by atoms with Crippen LogP contribution in [0.1, 0.15) is 335 Å². The van der Waals surface area contributed by atoms with Gasteiger partial charge in [0.2, 0.25) is 5.91 Å². The van der Waals surface area contributed by atoms with Gasteiger partial charge in [-0.2, -0.15) is 8.42 Å². The van der Waals surface area contributed by atoms with Gasteiger partial charge in [-0.05, 0) is 44.9 Å². The summed E-state index contributed by atoms with van der Waals surface area (Å²) in [6.07, 6.45) is 62.4. The summed E-state index contributed by atoms with van der Waals surface area (Å²) in [5.74, 6) is -0.256. The summed E-state index contributed by atoms with van der Waals surface area (Å²) in [6.45, 7) is 3.46. The Hall–Kier alpha value is -1.42. The SMILES string of the molecule is CCCCCCCCCCCCCC/C=C\CCCCCCCCCCCCCCCCC(=O)NC(COC1OC(CO)C(O)C(OS(=O)(=O)O)C1O)C(O)/C=C/CCCCCCCCCCCCCCCCCCCCCC. The molecule has 6 N–H and O–H groups in total. The van der Waals surface area contributed by atoms with Crippen molar-refractivity contribution in [1.82, 2.24) is 5.32 Å². The summed E-state index contributed by atoms with van der Waals surface area (Å²) < 4.78 is 48.0. The van der Waals surface area contributed by atoms with Crippen LogP contribution in [0.4, 0.5) is 0 Å². The van der Waals surface area contributed by atoms with E-state index in [0.717, 1.165) is 38.5 Å². The van der Waals surface area contributed by atoms with Gasteiger partial charge in [0.15, 0.2) is 6.29 Å². The molecular formula is C66H127NO11S. The molecule has 468 valence electrons. The Kier molecular flexibility index (Phi) is 53.3. The van der Waals surface area contributed by atoms with Crippen molar-refractivity contribution in [2.75, 3.05) is 13.2 Å². The fourth-order valence-corrected chi connectivity index (χ4v) is 11.6. The van der Waals surface area contributed by atoms with Gasteiger partial charge in [0.25, 0.3) is 0 Å². The predicted octanol–water partition coefficient (Wildman–Crippen LogP) is 17.1. The lowest BCUT2D eigenvalue weighted by Gasteiger charge is -2.41. The van der Waals surface area contributed by atoms with Crippen molar-refractivity contribution in [3.63, 3.8) is 0 Å². The lowest BCUT2D eigenvalue weighted by atomic mass is 9.99. The molecule has 7 unspecified atom stereocenters. The number of allylic oxidation sites excluding steroid dienone is 3.